The number of carbonyl (C=O) groups excluding carboxylic acids is 1. The molecule has 0 saturated heterocycles. The monoisotopic (exact) mass is 319 g/mol. The van der Waals surface area contributed by atoms with Gasteiger partial charge in [0.15, 0.2) is 5.69 Å². The average molecular weight is 319 g/mol. The maximum Gasteiger partial charge on any atom is 0.272 e. The Morgan fingerprint density at radius 3 is 2.26 bits per heavy atom. The Hall–Kier alpha value is -1.52. The minimum absolute atomic E-state index is 0.0485. The standard InChI is InChI=1S/C18H29N3O2/c22-18(16-14-17-21(20-16)12-13-23-17)19-15-10-8-6-4-2-1-3-5-7-9-11-15/h14-15H,1-13H2,(H,19,22). The van der Waals surface area contributed by atoms with Crippen LogP contribution in [0.3, 0.4) is 0 Å². The molecule has 128 valence electrons. The van der Waals surface area contributed by atoms with Gasteiger partial charge in [-0.2, -0.15) is 5.10 Å². The molecule has 1 fully saturated rings. The summed E-state index contributed by atoms with van der Waals surface area (Å²) in [5.41, 5.74) is 0.491. The van der Waals surface area contributed by atoms with E-state index in [0.29, 0.717) is 24.2 Å². The van der Waals surface area contributed by atoms with Gasteiger partial charge in [0.25, 0.3) is 5.91 Å². The zero-order chi connectivity index (χ0) is 15.9. The van der Waals surface area contributed by atoms with Crippen LogP contribution in [0.1, 0.15) is 81.1 Å². The third-order valence-electron chi connectivity index (χ3n) is 4.97. The second-order valence-corrected chi connectivity index (χ2v) is 6.87. The van der Waals surface area contributed by atoms with Gasteiger partial charge in [0.1, 0.15) is 6.61 Å². The zero-order valence-corrected chi connectivity index (χ0v) is 14.1. The number of ether oxygens (including phenoxy) is 1. The summed E-state index contributed by atoms with van der Waals surface area (Å²) in [6.45, 7) is 1.40. The molecule has 0 bridgehead atoms. The Balaban J connectivity index is 1.53. The van der Waals surface area contributed by atoms with Gasteiger partial charge >= 0.3 is 0 Å². The van der Waals surface area contributed by atoms with E-state index < -0.39 is 0 Å². The topological polar surface area (TPSA) is 56.2 Å². The number of nitrogens with one attached hydrogen (secondary N) is 1. The van der Waals surface area contributed by atoms with Crippen LogP contribution in [0.5, 0.6) is 5.88 Å². The molecular weight excluding hydrogens is 290 g/mol. The van der Waals surface area contributed by atoms with Crippen molar-refractivity contribution in [2.24, 2.45) is 0 Å². The Bertz CT molecular complexity index is 479. The van der Waals surface area contributed by atoms with Crippen molar-refractivity contribution in [3.8, 4) is 5.88 Å². The molecule has 5 heteroatoms. The van der Waals surface area contributed by atoms with Crippen molar-refractivity contribution in [2.45, 2.75) is 83.2 Å². The van der Waals surface area contributed by atoms with Crippen molar-refractivity contribution in [1.29, 1.82) is 0 Å². The Morgan fingerprint density at radius 2 is 1.65 bits per heavy atom. The van der Waals surface area contributed by atoms with Crippen molar-refractivity contribution in [3.05, 3.63) is 11.8 Å². The van der Waals surface area contributed by atoms with Crippen molar-refractivity contribution < 1.29 is 9.53 Å². The van der Waals surface area contributed by atoms with Gasteiger partial charge in [-0.3, -0.25) is 4.79 Å². The Morgan fingerprint density at radius 1 is 1.04 bits per heavy atom. The average Bonchev–Trinajstić information content (AvgIpc) is 3.11. The number of hydrogen-bond acceptors (Lipinski definition) is 3. The van der Waals surface area contributed by atoms with E-state index in [4.69, 9.17) is 4.74 Å². The number of carbonyl (C=O) groups is 1. The number of rotatable bonds is 2. The van der Waals surface area contributed by atoms with Crippen LogP contribution in [-0.4, -0.2) is 28.3 Å². The normalized spacial score (nSPS) is 20.9. The molecule has 3 rings (SSSR count). The maximum atomic E-state index is 12.5. The number of fused-ring (bicyclic) bond motifs is 1. The highest BCUT2D eigenvalue weighted by molar-refractivity contribution is 5.92. The van der Waals surface area contributed by atoms with Gasteiger partial charge in [-0.05, 0) is 12.8 Å². The first-order valence-corrected chi connectivity index (χ1v) is 9.34. The first-order chi connectivity index (χ1) is 11.3. The molecular formula is C18H29N3O2. The lowest BCUT2D eigenvalue weighted by molar-refractivity contribution is 0.0925. The van der Waals surface area contributed by atoms with E-state index in [2.05, 4.69) is 10.4 Å². The summed E-state index contributed by atoms with van der Waals surface area (Å²) in [4.78, 5) is 12.5. The van der Waals surface area contributed by atoms with Crippen molar-refractivity contribution in [3.63, 3.8) is 0 Å². The SMILES string of the molecule is O=C(NC1CCCCCCCCCCC1)c1cc2n(n1)CCO2. The van der Waals surface area contributed by atoms with Crippen LogP contribution in [0.2, 0.25) is 0 Å². The van der Waals surface area contributed by atoms with Crippen LogP contribution in [0.25, 0.3) is 0 Å². The third kappa shape index (κ3) is 4.72. The highest BCUT2D eigenvalue weighted by Crippen LogP contribution is 2.20. The highest BCUT2D eigenvalue weighted by Gasteiger charge is 2.21. The van der Waals surface area contributed by atoms with E-state index in [-0.39, 0.29) is 5.91 Å². The molecule has 1 amide bonds. The summed E-state index contributed by atoms with van der Waals surface area (Å²) >= 11 is 0. The second kappa shape index (κ2) is 8.37. The highest BCUT2D eigenvalue weighted by atomic mass is 16.5. The summed E-state index contributed by atoms with van der Waals surface area (Å²) in [6, 6.07) is 2.05. The quantitative estimate of drug-likeness (QED) is 0.904. The fourth-order valence-corrected chi connectivity index (χ4v) is 3.59. The van der Waals surface area contributed by atoms with E-state index in [1.807, 2.05) is 0 Å². The fourth-order valence-electron chi connectivity index (χ4n) is 3.59. The first-order valence-electron chi connectivity index (χ1n) is 9.34. The molecule has 0 spiro atoms. The van der Waals surface area contributed by atoms with Crippen molar-refractivity contribution in [1.82, 2.24) is 15.1 Å². The number of aromatic nitrogens is 2. The van der Waals surface area contributed by atoms with E-state index in [0.717, 1.165) is 19.4 Å². The largest absolute Gasteiger partial charge is 0.476 e. The third-order valence-corrected chi connectivity index (χ3v) is 4.97. The molecule has 1 aliphatic heterocycles. The van der Waals surface area contributed by atoms with Gasteiger partial charge in [0.2, 0.25) is 5.88 Å². The van der Waals surface area contributed by atoms with Gasteiger partial charge in [-0.1, -0.05) is 57.8 Å². The van der Waals surface area contributed by atoms with E-state index in [9.17, 15) is 4.79 Å². The van der Waals surface area contributed by atoms with Gasteiger partial charge in [0.05, 0.1) is 6.54 Å². The van der Waals surface area contributed by atoms with Crippen molar-refractivity contribution in [2.75, 3.05) is 6.61 Å². The van der Waals surface area contributed by atoms with E-state index >= 15 is 0 Å². The smallest absolute Gasteiger partial charge is 0.272 e. The Kier molecular flexibility index (Phi) is 5.94. The van der Waals surface area contributed by atoms with Crippen LogP contribution in [0.15, 0.2) is 6.07 Å². The van der Waals surface area contributed by atoms with Crippen LogP contribution in [0, 0.1) is 0 Å². The molecule has 0 aromatic carbocycles. The first kappa shape index (κ1) is 16.3. The minimum atomic E-state index is -0.0485. The van der Waals surface area contributed by atoms with Crippen molar-refractivity contribution >= 4 is 5.91 Å². The number of nitrogens with zero attached hydrogens (tertiary/aromatic N) is 2. The second-order valence-electron chi connectivity index (χ2n) is 6.87. The van der Waals surface area contributed by atoms with E-state index in [1.54, 1.807) is 10.7 Å². The summed E-state index contributed by atoms with van der Waals surface area (Å²) in [5, 5.41) is 7.54. The molecule has 1 aromatic rings. The predicted octanol–water partition coefficient (Wildman–Crippen LogP) is 3.68. The molecule has 1 N–H and O–H groups in total. The summed E-state index contributed by atoms with van der Waals surface area (Å²) in [6.07, 6.45) is 14.0. The molecule has 1 aromatic heterocycles. The number of hydrogen-bond donors (Lipinski definition) is 1. The molecule has 0 atom stereocenters. The molecule has 5 nitrogen and oxygen atoms in total. The maximum absolute atomic E-state index is 12.5. The van der Waals surface area contributed by atoms with Crippen LogP contribution < -0.4 is 10.1 Å². The van der Waals surface area contributed by atoms with Crippen LogP contribution in [0.4, 0.5) is 0 Å². The molecule has 2 heterocycles. The lowest BCUT2D eigenvalue weighted by atomic mass is 9.98. The van der Waals surface area contributed by atoms with Crippen LogP contribution in [-0.2, 0) is 6.54 Å². The summed E-state index contributed by atoms with van der Waals surface area (Å²) < 4.78 is 7.21. The summed E-state index contributed by atoms with van der Waals surface area (Å²) in [5.74, 6) is 0.668. The lowest BCUT2D eigenvalue weighted by Crippen LogP contribution is -2.35. The molecule has 1 saturated carbocycles. The molecule has 1 aliphatic carbocycles. The van der Waals surface area contributed by atoms with Gasteiger partial charge in [-0.25, -0.2) is 4.68 Å². The fraction of sp³-hybridized carbons (Fsp3) is 0.778. The van der Waals surface area contributed by atoms with Crippen LogP contribution >= 0.6 is 0 Å². The van der Waals surface area contributed by atoms with Gasteiger partial charge in [0, 0.05) is 12.1 Å². The summed E-state index contributed by atoms with van der Waals surface area (Å²) in [7, 11) is 0. The predicted molar refractivity (Wildman–Crippen MR) is 89.8 cm³/mol. The Labute approximate surface area is 138 Å². The van der Waals surface area contributed by atoms with E-state index in [1.165, 1.54) is 57.8 Å². The molecule has 2 aliphatic rings. The van der Waals surface area contributed by atoms with Gasteiger partial charge in [-0.15, -0.1) is 0 Å². The zero-order valence-electron chi connectivity index (χ0n) is 14.1. The molecule has 0 unspecified atom stereocenters. The minimum Gasteiger partial charge on any atom is -0.476 e. The lowest BCUT2D eigenvalue weighted by Gasteiger charge is -2.19. The molecule has 23 heavy (non-hydrogen) atoms. The number of amides is 1. The van der Waals surface area contributed by atoms with Gasteiger partial charge < -0.3 is 10.1 Å². The molecule has 0 radical (unpaired) electrons.